The molecule has 0 aromatic heterocycles. The fourth-order valence-corrected chi connectivity index (χ4v) is 3.13. The number of rotatable bonds is 8. The predicted octanol–water partition coefficient (Wildman–Crippen LogP) is 4.23. The molecule has 7 heteroatoms. The van der Waals surface area contributed by atoms with Gasteiger partial charge in [-0.15, -0.1) is 23.5 Å². The van der Waals surface area contributed by atoms with E-state index < -0.39 is 5.92 Å². The van der Waals surface area contributed by atoms with Crippen LogP contribution in [0.25, 0.3) is 0 Å². The van der Waals surface area contributed by atoms with Gasteiger partial charge >= 0.3 is 0 Å². The highest BCUT2D eigenvalue weighted by Gasteiger charge is 2.20. The Labute approximate surface area is 137 Å². The van der Waals surface area contributed by atoms with Gasteiger partial charge in [0.1, 0.15) is 0 Å². The average molecular weight is 346 g/mol. The fraction of sp³-hybridized carbons (Fsp3) is 0.357. The molecule has 0 N–H and O–H groups in total. The van der Waals surface area contributed by atoms with Crippen molar-refractivity contribution < 1.29 is 9.72 Å². The van der Waals surface area contributed by atoms with Gasteiger partial charge in [-0.2, -0.15) is 0 Å². The maximum absolute atomic E-state index is 12.1. The first-order valence-electron chi connectivity index (χ1n) is 6.16. The number of halogens is 1. The van der Waals surface area contributed by atoms with E-state index in [1.807, 2.05) is 12.5 Å². The van der Waals surface area contributed by atoms with Gasteiger partial charge in [0.2, 0.25) is 6.54 Å². The third kappa shape index (κ3) is 6.54. The van der Waals surface area contributed by atoms with Crippen LogP contribution in [0.2, 0.25) is 5.02 Å². The van der Waals surface area contributed by atoms with Crippen LogP contribution >= 0.6 is 35.1 Å². The minimum atomic E-state index is -0.439. The van der Waals surface area contributed by atoms with Crippen molar-refractivity contribution in [2.24, 2.45) is 0 Å². The van der Waals surface area contributed by atoms with Gasteiger partial charge in [0.25, 0.3) is 0 Å². The van der Waals surface area contributed by atoms with Gasteiger partial charge in [-0.25, -0.2) is 0 Å². The lowest BCUT2D eigenvalue weighted by Gasteiger charge is -2.12. The summed E-state index contributed by atoms with van der Waals surface area (Å²) in [4.78, 5) is 22.5. The Bertz CT molecular complexity index is 526. The van der Waals surface area contributed by atoms with Crippen LogP contribution in [0, 0.1) is 10.1 Å². The Balaban J connectivity index is 2.88. The molecule has 0 aliphatic rings. The molecular formula is C14H16ClNO3S2. The largest absolute Gasteiger partial charge is 0.295 e. The molecule has 0 saturated carbocycles. The van der Waals surface area contributed by atoms with E-state index in [9.17, 15) is 14.9 Å². The Kier molecular flexibility index (Phi) is 7.85. The molecule has 0 amide bonds. The normalized spacial score (nSPS) is 11.8. The van der Waals surface area contributed by atoms with Gasteiger partial charge in [-0.3, -0.25) is 14.9 Å². The van der Waals surface area contributed by atoms with Crippen LogP contribution in [-0.2, 0) is 4.79 Å². The molecule has 0 radical (unpaired) electrons. The quantitative estimate of drug-likeness (QED) is 0.401. The number of nitro groups is 1. The fourth-order valence-electron chi connectivity index (χ4n) is 1.84. The van der Waals surface area contributed by atoms with Gasteiger partial charge in [-0.05, 0) is 30.2 Å². The van der Waals surface area contributed by atoms with Crippen molar-refractivity contribution in [1.82, 2.24) is 0 Å². The van der Waals surface area contributed by atoms with Crippen LogP contribution in [0.15, 0.2) is 34.6 Å². The van der Waals surface area contributed by atoms with Gasteiger partial charge in [0.05, 0.1) is 5.92 Å². The number of nitrogens with zero attached hydrogens (tertiary/aromatic N) is 1. The summed E-state index contributed by atoms with van der Waals surface area (Å²) in [6.07, 6.45) is 5.46. The Morgan fingerprint density at radius 3 is 2.38 bits per heavy atom. The average Bonchev–Trinajstić information content (AvgIpc) is 2.44. The first kappa shape index (κ1) is 18.1. The summed E-state index contributed by atoms with van der Waals surface area (Å²) in [5.74, 6) is -0.540. The molecule has 21 heavy (non-hydrogen) atoms. The molecule has 0 bridgehead atoms. The van der Waals surface area contributed by atoms with Crippen LogP contribution in [0.3, 0.4) is 0 Å². The van der Waals surface area contributed by atoms with E-state index in [0.29, 0.717) is 5.02 Å². The summed E-state index contributed by atoms with van der Waals surface area (Å²) in [6.45, 7) is -0.269. The van der Waals surface area contributed by atoms with E-state index in [0.717, 1.165) is 9.80 Å². The monoisotopic (exact) mass is 345 g/mol. The Morgan fingerprint density at radius 2 is 1.90 bits per heavy atom. The lowest BCUT2D eigenvalue weighted by atomic mass is 9.94. The third-order valence-corrected chi connectivity index (χ3v) is 5.13. The lowest BCUT2D eigenvalue weighted by Crippen LogP contribution is -2.15. The molecule has 0 aliphatic heterocycles. The highest BCUT2D eigenvalue weighted by atomic mass is 35.5. The highest BCUT2D eigenvalue weighted by molar-refractivity contribution is 8.21. The van der Waals surface area contributed by atoms with Crippen molar-refractivity contribution in [3.8, 4) is 0 Å². The van der Waals surface area contributed by atoms with E-state index in [1.165, 1.54) is 23.5 Å². The van der Waals surface area contributed by atoms with Crippen LogP contribution in [0.1, 0.15) is 17.9 Å². The highest BCUT2D eigenvalue weighted by Crippen LogP contribution is 2.26. The van der Waals surface area contributed by atoms with Crippen molar-refractivity contribution >= 4 is 40.9 Å². The van der Waals surface area contributed by atoms with Crippen LogP contribution in [-0.4, -0.2) is 29.8 Å². The second-order valence-corrected chi connectivity index (χ2v) is 6.70. The molecule has 1 atom stereocenters. The first-order chi connectivity index (χ1) is 9.96. The smallest absolute Gasteiger partial charge is 0.211 e. The molecule has 1 rings (SSSR count). The van der Waals surface area contributed by atoms with E-state index in [1.54, 1.807) is 30.3 Å². The second kappa shape index (κ2) is 9.12. The molecule has 114 valence electrons. The number of ketones is 1. The van der Waals surface area contributed by atoms with E-state index in [2.05, 4.69) is 0 Å². The molecule has 1 unspecified atom stereocenters. The summed E-state index contributed by atoms with van der Waals surface area (Å²) in [7, 11) is 0. The molecule has 4 nitrogen and oxygen atoms in total. The summed E-state index contributed by atoms with van der Waals surface area (Å²) in [5.41, 5.74) is 0.757. The van der Waals surface area contributed by atoms with Crippen LogP contribution in [0.5, 0.6) is 0 Å². The molecule has 0 saturated heterocycles. The van der Waals surface area contributed by atoms with Crippen LogP contribution < -0.4 is 0 Å². The number of benzene rings is 1. The lowest BCUT2D eigenvalue weighted by molar-refractivity contribution is -0.483. The van der Waals surface area contributed by atoms with Crippen molar-refractivity contribution in [1.29, 1.82) is 0 Å². The molecule has 0 heterocycles. The first-order valence-corrected chi connectivity index (χ1v) is 8.98. The minimum Gasteiger partial charge on any atom is -0.295 e. The second-order valence-electron chi connectivity index (χ2n) is 4.31. The standard InChI is InChI=1S/C14H16ClNO3S2/c1-20-14(21-2)8-13(17)7-11(9-16(18)19)10-3-5-12(15)6-4-10/h3-6,8,11H,7,9H2,1-2H3. The van der Waals surface area contributed by atoms with Crippen molar-refractivity contribution in [3.63, 3.8) is 0 Å². The predicted molar refractivity (Wildman–Crippen MR) is 90.8 cm³/mol. The topological polar surface area (TPSA) is 60.2 Å². The zero-order valence-corrected chi connectivity index (χ0v) is 14.1. The molecule has 0 fully saturated rings. The number of allylic oxidation sites excluding steroid dienone is 1. The van der Waals surface area contributed by atoms with E-state index in [-0.39, 0.29) is 23.7 Å². The Hall–Kier alpha value is -0.980. The van der Waals surface area contributed by atoms with Crippen LogP contribution in [0.4, 0.5) is 0 Å². The molecule has 1 aromatic carbocycles. The minimum absolute atomic E-state index is 0.101. The molecule has 1 aromatic rings. The van der Waals surface area contributed by atoms with Gasteiger partial charge in [0.15, 0.2) is 5.78 Å². The van der Waals surface area contributed by atoms with Crippen molar-refractivity contribution in [2.45, 2.75) is 12.3 Å². The molecule has 0 spiro atoms. The summed E-state index contributed by atoms with van der Waals surface area (Å²) < 4.78 is 0.899. The number of hydrogen-bond donors (Lipinski definition) is 0. The van der Waals surface area contributed by atoms with Gasteiger partial charge < -0.3 is 0 Å². The van der Waals surface area contributed by atoms with Crippen molar-refractivity contribution in [3.05, 3.63) is 55.3 Å². The maximum atomic E-state index is 12.1. The summed E-state index contributed by atoms with van der Waals surface area (Å²) >= 11 is 8.80. The number of hydrogen-bond acceptors (Lipinski definition) is 5. The molecular weight excluding hydrogens is 330 g/mol. The van der Waals surface area contributed by atoms with Gasteiger partial charge in [0, 0.05) is 26.7 Å². The SMILES string of the molecule is CSC(=CC(=O)CC(C[N+](=O)[O-])c1ccc(Cl)cc1)SC. The van der Waals surface area contributed by atoms with E-state index >= 15 is 0 Å². The number of thioether (sulfide) groups is 2. The van der Waals surface area contributed by atoms with E-state index in [4.69, 9.17) is 11.6 Å². The molecule has 0 aliphatic carbocycles. The Morgan fingerprint density at radius 1 is 1.33 bits per heavy atom. The van der Waals surface area contributed by atoms with Crippen molar-refractivity contribution in [2.75, 3.05) is 19.1 Å². The van der Waals surface area contributed by atoms with Gasteiger partial charge in [-0.1, -0.05) is 23.7 Å². The zero-order chi connectivity index (χ0) is 15.8. The summed E-state index contributed by atoms with van der Waals surface area (Å²) in [5, 5.41) is 11.4. The summed E-state index contributed by atoms with van der Waals surface area (Å²) in [6, 6.07) is 6.83. The number of carbonyl (C=O) groups excluding carboxylic acids is 1. The third-order valence-electron chi connectivity index (χ3n) is 2.84. The zero-order valence-electron chi connectivity index (χ0n) is 11.7. The maximum Gasteiger partial charge on any atom is 0.211 e. The number of carbonyl (C=O) groups is 1.